The second-order valence-corrected chi connectivity index (χ2v) is 7.44. The molecule has 0 spiro atoms. The first kappa shape index (κ1) is 21.4. The van der Waals surface area contributed by atoms with E-state index in [4.69, 9.17) is 9.84 Å². The van der Waals surface area contributed by atoms with E-state index in [0.717, 1.165) is 14.7 Å². The molecule has 6 nitrogen and oxygen atoms in total. The molecule has 0 aliphatic carbocycles. The molecule has 0 saturated carbocycles. The highest BCUT2D eigenvalue weighted by Gasteiger charge is 2.11. The van der Waals surface area contributed by atoms with Crippen molar-refractivity contribution in [2.24, 2.45) is 0 Å². The van der Waals surface area contributed by atoms with Crippen LogP contribution in [0.2, 0.25) is 0 Å². The average molecular weight is 490 g/mol. The van der Waals surface area contributed by atoms with Crippen LogP contribution in [-0.4, -0.2) is 23.0 Å². The van der Waals surface area contributed by atoms with E-state index in [0.29, 0.717) is 12.4 Å². The molecule has 0 unspecified atom stereocenters. The van der Waals surface area contributed by atoms with Crippen LogP contribution in [0.3, 0.4) is 0 Å². The van der Waals surface area contributed by atoms with Crippen molar-refractivity contribution >= 4 is 40.5 Å². The second kappa shape index (κ2) is 9.90. The van der Waals surface area contributed by atoms with Crippen LogP contribution < -0.4 is 10.1 Å². The van der Waals surface area contributed by atoms with Gasteiger partial charge in [0.25, 0.3) is 5.91 Å². The minimum Gasteiger partial charge on any atom is -0.488 e. The fraction of sp³-hybridized carbons (Fsp3) is 0.190. The fourth-order valence-electron chi connectivity index (χ4n) is 2.28. The summed E-state index contributed by atoms with van der Waals surface area (Å²) in [5.74, 6) is -0.715. The van der Waals surface area contributed by atoms with Crippen molar-refractivity contribution < 1.29 is 19.4 Å². The summed E-state index contributed by atoms with van der Waals surface area (Å²) in [7, 11) is 0. The van der Waals surface area contributed by atoms with Crippen molar-refractivity contribution in [3.05, 3.63) is 68.3 Å². The lowest BCUT2D eigenvalue weighted by molar-refractivity contribution is -0.117. The summed E-state index contributed by atoms with van der Waals surface area (Å²) in [5.41, 5.74) is 1.83. The molecule has 0 aromatic heterocycles. The van der Waals surface area contributed by atoms with E-state index in [1.165, 1.54) is 18.2 Å². The number of hydrogen-bond donors (Lipinski definition) is 2. The lowest BCUT2D eigenvalue weighted by atomic mass is 10.1. The zero-order valence-corrected chi connectivity index (χ0v) is 17.6. The van der Waals surface area contributed by atoms with E-state index >= 15 is 0 Å². The maximum atomic E-state index is 12.0. The Kier molecular flexibility index (Phi) is 7.58. The second-order valence-electron chi connectivity index (χ2n) is 6.28. The van der Waals surface area contributed by atoms with Crippen molar-refractivity contribution in [2.75, 3.05) is 0 Å². The Morgan fingerprint density at radius 1 is 1.25 bits per heavy atom. The average Bonchev–Trinajstić information content (AvgIpc) is 2.65. The van der Waals surface area contributed by atoms with Gasteiger partial charge in [0.15, 0.2) is 0 Å². The molecule has 2 N–H and O–H groups in total. The minimum absolute atomic E-state index is 0.0386. The third-order valence-electron chi connectivity index (χ3n) is 3.65. The van der Waals surface area contributed by atoms with Crippen LogP contribution in [0.1, 0.15) is 35.3 Å². The van der Waals surface area contributed by atoms with Gasteiger partial charge in [0.05, 0.1) is 9.13 Å². The van der Waals surface area contributed by atoms with Crippen molar-refractivity contribution in [1.82, 2.24) is 5.32 Å². The van der Waals surface area contributed by atoms with E-state index in [2.05, 4.69) is 27.9 Å². The van der Waals surface area contributed by atoms with Gasteiger partial charge in [-0.2, -0.15) is 5.26 Å². The quantitative estimate of drug-likeness (QED) is 0.347. The van der Waals surface area contributed by atoms with Crippen molar-refractivity contribution in [3.8, 4) is 11.8 Å². The van der Waals surface area contributed by atoms with E-state index in [1.807, 2.05) is 26.0 Å². The highest BCUT2D eigenvalue weighted by atomic mass is 127. The number of nitrogens with zero attached hydrogens (tertiary/aromatic N) is 1. The summed E-state index contributed by atoms with van der Waals surface area (Å²) in [6.07, 6.45) is 1.54. The van der Waals surface area contributed by atoms with Crippen molar-refractivity contribution in [1.29, 1.82) is 5.26 Å². The number of nitrogens with one attached hydrogen (secondary N) is 1. The molecular formula is C21H19IN2O4. The number of aromatic carboxylic acids is 1. The topological polar surface area (TPSA) is 99.4 Å². The standard InChI is InChI=1S/C21H19IN2O4/c1-13(2)24-20(25)17(11-23)9-15-5-8-19(18(22)10-15)28-12-14-3-6-16(7-4-14)21(26)27/h3-10,13H,12H2,1-2H3,(H,24,25)(H,26,27)/b17-9-. The molecule has 2 aromatic rings. The first-order valence-corrected chi connectivity index (χ1v) is 9.55. The molecule has 28 heavy (non-hydrogen) atoms. The number of hydrogen-bond acceptors (Lipinski definition) is 4. The predicted octanol–water partition coefficient (Wildman–Crippen LogP) is 4.00. The van der Waals surface area contributed by atoms with Gasteiger partial charge in [0.1, 0.15) is 24.0 Å². The Balaban J connectivity index is 2.09. The van der Waals surface area contributed by atoms with Crippen molar-refractivity contribution in [3.63, 3.8) is 0 Å². The highest BCUT2D eigenvalue weighted by Crippen LogP contribution is 2.24. The Hall–Kier alpha value is -2.86. The van der Waals surface area contributed by atoms with Gasteiger partial charge in [0, 0.05) is 6.04 Å². The number of rotatable bonds is 7. The van der Waals surface area contributed by atoms with Crippen LogP contribution in [-0.2, 0) is 11.4 Å². The molecule has 2 rings (SSSR count). The molecule has 0 fully saturated rings. The first-order valence-electron chi connectivity index (χ1n) is 8.47. The van der Waals surface area contributed by atoms with Crippen molar-refractivity contribution in [2.45, 2.75) is 26.5 Å². The molecule has 0 atom stereocenters. The van der Waals surface area contributed by atoms with E-state index in [1.54, 1.807) is 24.3 Å². The van der Waals surface area contributed by atoms with Gasteiger partial charge < -0.3 is 15.2 Å². The van der Waals surface area contributed by atoms with E-state index in [9.17, 15) is 14.9 Å². The SMILES string of the molecule is CC(C)NC(=O)/C(C#N)=C\c1ccc(OCc2ccc(C(=O)O)cc2)c(I)c1. The van der Waals surface area contributed by atoms with Crippen LogP contribution in [0.4, 0.5) is 0 Å². The number of benzene rings is 2. The van der Waals surface area contributed by atoms with E-state index < -0.39 is 11.9 Å². The maximum Gasteiger partial charge on any atom is 0.335 e. The van der Waals surface area contributed by atoms with Gasteiger partial charge in [0.2, 0.25) is 0 Å². The minimum atomic E-state index is -0.968. The Morgan fingerprint density at radius 2 is 1.93 bits per heavy atom. The summed E-state index contributed by atoms with van der Waals surface area (Å²) in [4.78, 5) is 22.9. The molecule has 144 valence electrons. The van der Waals surface area contributed by atoms with Crippen LogP contribution >= 0.6 is 22.6 Å². The molecule has 0 radical (unpaired) electrons. The monoisotopic (exact) mass is 490 g/mol. The fourth-order valence-corrected chi connectivity index (χ4v) is 2.98. The van der Waals surface area contributed by atoms with Gasteiger partial charge in [-0.15, -0.1) is 0 Å². The normalized spacial score (nSPS) is 11.0. The molecule has 0 saturated heterocycles. The first-order chi connectivity index (χ1) is 13.3. The number of ether oxygens (including phenoxy) is 1. The molecule has 0 aliphatic rings. The van der Waals surface area contributed by atoms with Crippen LogP contribution in [0, 0.1) is 14.9 Å². The Labute approximate surface area is 177 Å². The summed E-state index contributed by atoms with van der Waals surface area (Å²) in [6, 6.07) is 13.7. The molecule has 0 aliphatic heterocycles. The highest BCUT2D eigenvalue weighted by molar-refractivity contribution is 14.1. The summed E-state index contributed by atoms with van der Waals surface area (Å²) >= 11 is 2.12. The molecule has 0 heterocycles. The summed E-state index contributed by atoms with van der Waals surface area (Å²) in [5, 5.41) is 20.8. The lowest BCUT2D eigenvalue weighted by Crippen LogP contribution is -2.30. The van der Waals surface area contributed by atoms with Gasteiger partial charge in [-0.3, -0.25) is 4.79 Å². The number of amides is 1. The molecule has 7 heteroatoms. The molecule has 2 aromatic carbocycles. The zero-order chi connectivity index (χ0) is 20.7. The van der Waals surface area contributed by atoms with Gasteiger partial charge >= 0.3 is 5.97 Å². The zero-order valence-electron chi connectivity index (χ0n) is 15.4. The third-order valence-corrected chi connectivity index (χ3v) is 4.49. The number of carboxylic acids is 1. The smallest absolute Gasteiger partial charge is 0.335 e. The Morgan fingerprint density at radius 3 is 2.46 bits per heavy atom. The van der Waals surface area contributed by atoms with Gasteiger partial charge in [-0.25, -0.2) is 4.79 Å². The number of carbonyl (C=O) groups is 2. The number of carboxylic acid groups (broad SMARTS) is 1. The lowest BCUT2D eigenvalue weighted by Gasteiger charge is -2.10. The summed E-state index contributed by atoms with van der Waals surface area (Å²) in [6.45, 7) is 3.96. The maximum absolute atomic E-state index is 12.0. The third kappa shape index (κ3) is 6.09. The Bertz CT molecular complexity index is 944. The van der Waals surface area contributed by atoms with Crippen LogP contribution in [0.15, 0.2) is 48.0 Å². The van der Waals surface area contributed by atoms with E-state index in [-0.39, 0.29) is 17.2 Å². The largest absolute Gasteiger partial charge is 0.488 e. The molecule has 0 bridgehead atoms. The molecule has 1 amide bonds. The van der Waals surface area contributed by atoms with Crippen LogP contribution in [0.5, 0.6) is 5.75 Å². The van der Waals surface area contributed by atoms with Gasteiger partial charge in [-0.1, -0.05) is 18.2 Å². The number of halogens is 1. The number of nitriles is 1. The molecular weight excluding hydrogens is 471 g/mol. The van der Waals surface area contributed by atoms with Crippen LogP contribution in [0.25, 0.3) is 6.08 Å². The van der Waals surface area contributed by atoms with Gasteiger partial charge in [-0.05, 0) is 77.9 Å². The number of carbonyl (C=O) groups excluding carboxylic acids is 1. The predicted molar refractivity (Wildman–Crippen MR) is 114 cm³/mol. The summed E-state index contributed by atoms with van der Waals surface area (Å²) < 4.78 is 6.62.